The molecule has 1 aromatic carbocycles. The third-order valence-corrected chi connectivity index (χ3v) is 4.48. The molecule has 0 heterocycles. The Bertz CT molecular complexity index is 551. The number of thioether (sulfide) groups is 1. The number of nitrogens with zero attached hydrogens (tertiary/aromatic N) is 1. The third kappa shape index (κ3) is 4.64. The van der Waals surface area contributed by atoms with E-state index in [4.69, 9.17) is 0 Å². The quantitative estimate of drug-likeness (QED) is 0.523. The number of hydrogen-bond donors (Lipinski definition) is 1. The summed E-state index contributed by atoms with van der Waals surface area (Å²) in [6.45, 7) is 0. The van der Waals surface area contributed by atoms with Crippen molar-refractivity contribution in [1.82, 2.24) is 5.32 Å². The van der Waals surface area contributed by atoms with Gasteiger partial charge in [0.15, 0.2) is 0 Å². The lowest BCUT2D eigenvalue weighted by molar-refractivity contribution is -0.117. The zero-order valence-electron chi connectivity index (χ0n) is 12.3. The van der Waals surface area contributed by atoms with E-state index in [9.17, 15) is 10.1 Å². The van der Waals surface area contributed by atoms with Gasteiger partial charge in [-0.3, -0.25) is 4.79 Å². The summed E-state index contributed by atoms with van der Waals surface area (Å²) >= 11 is 1.67. The Hall–Kier alpha value is -1.73. The van der Waals surface area contributed by atoms with Crippen molar-refractivity contribution in [2.45, 2.75) is 43.0 Å². The maximum absolute atomic E-state index is 12.2. The van der Waals surface area contributed by atoms with Crippen LogP contribution in [0.3, 0.4) is 0 Å². The molecule has 1 fully saturated rings. The Kier molecular flexibility index (Phi) is 5.89. The molecule has 0 unspecified atom stereocenters. The zero-order chi connectivity index (χ0) is 15.1. The lowest BCUT2D eigenvalue weighted by Gasteiger charge is -2.22. The lowest BCUT2D eigenvalue weighted by Crippen LogP contribution is -2.36. The first-order valence-electron chi connectivity index (χ1n) is 7.29. The number of nitriles is 1. The Labute approximate surface area is 130 Å². The summed E-state index contributed by atoms with van der Waals surface area (Å²) in [6.07, 6.45) is 9.28. The van der Waals surface area contributed by atoms with Gasteiger partial charge in [0.05, 0.1) is 0 Å². The molecule has 0 saturated heterocycles. The number of nitrogens with one attached hydrogen (secondary N) is 1. The van der Waals surface area contributed by atoms with Crippen LogP contribution >= 0.6 is 11.8 Å². The molecular formula is C17H20N2OS. The summed E-state index contributed by atoms with van der Waals surface area (Å²) in [7, 11) is 0. The van der Waals surface area contributed by atoms with Crippen LogP contribution in [0.4, 0.5) is 0 Å². The van der Waals surface area contributed by atoms with Crippen molar-refractivity contribution < 1.29 is 4.79 Å². The number of hydrogen-bond acceptors (Lipinski definition) is 3. The highest BCUT2D eigenvalue weighted by molar-refractivity contribution is 7.98. The highest BCUT2D eigenvalue weighted by Gasteiger charge is 2.17. The maximum atomic E-state index is 12.2. The molecule has 1 saturated carbocycles. The van der Waals surface area contributed by atoms with E-state index in [1.165, 1.54) is 6.42 Å². The smallest absolute Gasteiger partial charge is 0.262 e. The molecule has 0 spiro atoms. The molecule has 0 radical (unpaired) electrons. The van der Waals surface area contributed by atoms with Crippen LogP contribution in [0.25, 0.3) is 6.08 Å². The molecule has 1 aromatic rings. The van der Waals surface area contributed by atoms with Crippen molar-refractivity contribution in [2.75, 3.05) is 6.26 Å². The van der Waals surface area contributed by atoms with Crippen molar-refractivity contribution in [2.24, 2.45) is 0 Å². The summed E-state index contributed by atoms with van der Waals surface area (Å²) in [5.74, 6) is -0.252. The third-order valence-electron chi connectivity index (χ3n) is 3.73. The molecule has 0 atom stereocenters. The first kappa shape index (κ1) is 15.7. The van der Waals surface area contributed by atoms with E-state index >= 15 is 0 Å². The van der Waals surface area contributed by atoms with E-state index in [1.54, 1.807) is 17.8 Å². The van der Waals surface area contributed by atoms with E-state index in [1.807, 2.05) is 36.6 Å². The minimum absolute atomic E-state index is 0.178. The van der Waals surface area contributed by atoms with Crippen LogP contribution in [0.1, 0.15) is 37.7 Å². The van der Waals surface area contributed by atoms with E-state index in [-0.39, 0.29) is 17.5 Å². The number of carbonyl (C=O) groups is 1. The molecule has 4 heteroatoms. The van der Waals surface area contributed by atoms with Crippen LogP contribution < -0.4 is 5.32 Å². The Morgan fingerprint density at radius 2 is 1.95 bits per heavy atom. The van der Waals surface area contributed by atoms with E-state index in [0.29, 0.717) is 0 Å². The predicted octanol–water partition coefficient (Wildman–Crippen LogP) is 3.76. The fourth-order valence-corrected chi connectivity index (χ4v) is 2.93. The average molecular weight is 300 g/mol. The van der Waals surface area contributed by atoms with Gasteiger partial charge < -0.3 is 5.32 Å². The Balaban J connectivity index is 2.04. The van der Waals surface area contributed by atoms with Gasteiger partial charge in [-0.05, 0) is 42.9 Å². The number of benzene rings is 1. The lowest BCUT2D eigenvalue weighted by atomic mass is 9.95. The Morgan fingerprint density at radius 3 is 2.52 bits per heavy atom. The highest BCUT2D eigenvalue weighted by atomic mass is 32.2. The fraction of sp³-hybridized carbons (Fsp3) is 0.412. The van der Waals surface area contributed by atoms with E-state index in [2.05, 4.69) is 5.32 Å². The summed E-state index contributed by atoms with van der Waals surface area (Å²) in [6, 6.07) is 10.1. The molecule has 0 aliphatic heterocycles. The Morgan fingerprint density at radius 1 is 1.29 bits per heavy atom. The first-order valence-corrected chi connectivity index (χ1v) is 8.52. The topological polar surface area (TPSA) is 52.9 Å². The number of amides is 1. The average Bonchev–Trinajstić information content (AvgIpc) is 2.54. The summed E-state index contributed by atoms with van der Waals surface area (Å²) in [4.78, 5) is 13.3. The summed E-state index contributed by atoms with van der Waals surface area (Å²) in [5.41, 5.74) is 1.06. The largest absolute Gasteiger partial charge is 0.349 e. The predicted molar refractivity (Wildman–Crippen MR) is 86.8 cm³/mol. The number of carbonyl (C=O) groups excluding carboxylic acids is 1. The van der Waals surface area contributed by atoms with Crippen LogP contribution in [0.5, 0.6) is 0 Å². The molecule has 21 heavy (non-hydrogen) atoms. The molecule has 1 aliphatic rings. The molecule has 0 bridgehead atoms. The second kappa shape index (κ2) is 7.90. The second-order valence-corrected chi connectivity index (χ2v) is 6.13. The molecular weight excluding hydrogens is 280 g/mol. The SMILES string of the molecule is CSc1ccc(/C=C(/C#N)C(=O)NC2CCCCC2)cc1. The standard InChI is InChI=1S/C17H20N2OS/c1-21-16-9-7-13(8-10-16)11-14(12-18)17(20)19-15-5-3-2-4-6-15/h7-11,15H,2-6H2,1H3,(H,19,20)/b14-11-. The zero-order valence-corrected chi connectivity index (χ0v) is 13.1. The van der Waals surface area contributed by atoms with Crippen LogP contribution in [0.15, 0.2) is 34.7 Å². The second-order valence-electron chi connectivity index (χ2n) is 5.25. The van der Waals surface area contributed by atoms with Gasteiger partial charge in [0.1, 0.15) is 11.6 Å². The molecule has 1 N–H and O–H groups in total. The number of rotatable bonds is 4. The first-order chi connectivity index (χ1) is 10.2. The summed E-state index contributed by atoms with van der Waals surface area (Å²) in [5, 5.41) is 12.2. The molecule has 0 aromatic heterocycles. The van der Waals surface area contributed by atoms with Crippen LogP contribution in [-0.4, -0.2) is 18.2 Å². The van der Waals surface area contributed by atoms with Gasteiger partial charge in [0, 0.05) is 10.9 Å². The van der Waals surface area contributed by atoms with Crippen molar-refractivity contribution in [1.29, 1.82) is 5.26 Å². The monoisotopic (exact) mass is 300 g/mol. The van der Waals surface area contributed by atoms with Gasteiger partial charge in [-0.15, -0.1) is 11.8 Å². The van der Waals surface area contributed by atoms with E-state index < -0.39 is 0 Å². The van der Waals surface area contributed by atoms with Crippen LogP contribution in [0.2, 0.25) is 0 Å². The van der Waals surface area contributed by atoms with Gasteiger partial charge in [-0.2, -0.15) is 5.26 Å². The van der Waals surface area contributed by atoms with Gasteiger partial charge >= 0.3 is 0 Å². The van der Waals surface area contributed by atoms with Crippen molar-refractivity contribution in [3.63, 3.8) is 0 Å². The minimum Gasteiger partial charge on any atom is -0.349 e. The molecule has 110 valence electrons. The van der Waals surface area contributed by atoms with Crippen molar-refractivity contribution in [3.8, 4) is 6.07 Å². The molecule has 2 rings (SSSR count). The molecule has 1 amide bonds. The van der Waals surface area contributed by atoms with E-state index in [0.717, 1.165) is 36.1 Å². The maximum Gasteiger partial charge on any atom is 0.262 e. The molecule has 1 aliphatic carbocycles. The highest BCUT2D eigenvalue weighted by Crippen LogP contribution is 2.19. The fourth-order valence-electron chi connectivity index (χ4n) is 2.53. The van der Waals surface area contributed by atoms with Gasteiger partial charge in [-0.25, -0.2) is 0 Å². The van der Waals surface area contributed by atoms with Crippen molar-refractivity contribution >= 4 is 23.7 Å². The van der Waals surface area contributed by atoms with Gasteiger partial charge in [-0.1, -0.05) is 31.4 Å². The van der Waals surface area contributed by atoms with Crippen LogP contribution in [-0.2, 0) is 4.79 Å². The van der Waals surface area contributed by atoms with Crippen molar-refractivity contribution in [3.05, 3.63) is 35.4 Å². The van der Waals surface area contributed by atoms with Gasteiger partial charge in [0.25, 0.3) is 5.91 Å². The summed E-state index contributed by atoms with van der Waals surface area (Å²) < 4.78 is 0. The van der Waals surface area contributed by atoms with Gasteiger partial charge in [0.2, 0.25) is 0 Å². The minimum atomic E-state index is -0.252. The molecule has 3 nitrogen and oxygen atoms in total. The normalized spacial score (nSPS) is 16.3. The van der Waals surface area contributed by atoms with Crippen LogP contribution in [0, 0.1) is 11.3 Å².